The average molecular weight is 367 g/mol. The Labute approximate surface area is 161 Å². The van der Waals surface area contributed by atoms with Gasteiger partial charge in [-0.15, -0.1) is 0 Å². The molecule has 6 heteroatoms. The molecule has 0 atom stereocenters. The molecule has 27 heavy (non-hydrogen) atoms. The smallest absolute Gasteiger partial charge is 0.219 e. The third-order valence-corrected chi connectivity index (χ3v) is 4.87. The van der Waals surface area contributed by atoms with Gasteiger partial charge < -0.3 is 15.1 Å². The number of hydrogen-bond donors (Lipinski definition) is 1. The first kappa shape index (κ1) is 19.1. The molecular weight excluding hydrogens is 338 g/mol. The zero-order valence-corrected chi connectivity index (χ0v) is 16.9. The Morgan fingerprint density at radius 2 is 1.74 bits per heavy atom. The molecule has 3 rings (SSSR count). The second-order valence-electron chi connectivity index (χ2n) is 8.07. The van der Waals surface area contributed by atoms with Crippen molar-refractivity contribution < 1.29 is 4.79 Å². The highest BCUT2D eigenvalue weighted by molar-refractivity contribution is 5.73. The lowest BCUT2D eigenvalue weighted by atomic mass is 9.86. The van der Waals surface area contributed by atoms with Crippen molar-refractivity contribution in [3.05, 3.63) is 41.7 Å². The molecule has 0 spiro atoms. The molecular formula is C21H29N5O. The van der Waals surface area contributed by atoms with Crippen LogP contribution in [0.15, 0.2) is 30.3 Å². The van der Waals surface area contributed by atoms with Crippen molar-refractivity contribution in [2.45, 2.75) is 40.0 Å². The van der Waals surface area contributed by atoms with Crippen LogP contribution in [0, 0.1) is 6.92 Å². The van der Waals surface area contributed by atoms with Crippen molar-refractivity contribution in [2.75, 3.05) is 36.4 Å². The minimum absolute atomic E-state index is 0.0392. The number of carbonyl (C=O) groups is 1. The fourth-order valence-electron chi connectivity index (χ4n) is 3.41. The van der Waals surface area contributed by atoms with Gasteiger partial charge in [-0.25, -0.2) is 9.97 Å². The summed E-state index contributed by atoms with van der Waals surface area (Å²) in [5.41, 5.74) is 2.35. The molecule has 0 aliphatic carbocycles. The van der Waals surface area contributed by atoms with Crippen LogP contribution in [-0.2, 0) is 10.2 Å². The highest BCUT2D eigenvalue weighted by Gasteiger charge is 2.21. The second kappa shape index (κ2) is 7.55. The van der Waals surface area contributed by atoms with Gasteiger partial charge in [0.15, 0.2) is 0 Å². The van der Waals surface area contributed by atoms with Gasteiger partial charge in [0.1, 0.15) is 17.5 Å². The average Bonchev–Trinajstić information content (AvgIpc) is 2.61. The number of nitrogens with zero attached hydrogens (tertiary/aromatic N) is 4. The van der Waals surface area contributed by atoms with Gasteiger partial charge in [-0.05, 0) is 24.0 Å². The molecule has 1 aromatic carbocycles. The van der Waals surface area contributed by atoms with E-state index in [1.165, 1.54) is 5.56 Å². The highest BCUT2D eigenvalue weighted by atomic mass is 16.2. The number of benzene rings is 1. The standard InChI is InChI=1S/C21H29N5O/c1-15-22-19(24-18-9-7-6-8-17(18)21(3,4)5)14-20(23-15)26-12-10-25(11-13-26)16(2)27/h6-9,14H,10-13H2,1-5H3,(H,22,23,24). The Bertz CT molecular complexity index is 820. The fourth-order valence-corrected chi connectivity index (χ4v) is 3.41. The van der Waals surface area contributed by atoms with Crippen molar-refractivity contribution in [1.82, 2.24) is 14.9 Å². The van der Waals surface area contributed by atoms with E-state index in [4.69, 9.17) is 0 Å². The Morgan fingerprint density at radius 1 is 1.07 bits per heavy atom. The minimum Gasteiger partial charge on any atom is -0.353 e. The van der Waals surface area contributed by atoms with E-state index in [0.717, 1.165) is 49.3 Å². The van der Waals surface area contributed by atoms with E-state index in [2.05, 4.69) is 59.2 Å². The first-order valence-corrected chi connectivity index (χ1v) is 9.47. The highest BCUT2D eigenvalue weighted by Crippen LogP contribution is 2.31. The first-order valence-electron chi connectivity index (χ1n) is 9.47. The van der Waals surface area contributed by atoms with Gasteiger partial charge >= 0.3 is 0 Å². The second-order valence-corrected chi connectivity index (χ2v) is 8.07. The van der Waals surface area contributed by atoms with E-state index in [9.17, 15) is 4.79 Å². The van der Waals surface area contributed by atoms with Crippen LogP contribution in [-0.4, -0.2) is 47.0 Å². The fraction of sp³-hybridized carbons (Fsp3) is 0.476. The number of aromatic nitrogens is 2. The molecule has 0 saturated carbocycles. The Morgan fingerprint density at radius 3 is 2.37 bits per heavy atom. The summed E-state index contributed by atoms with van der Waals surface area (Å²) in [7, 11) is 0. The molecule has 144 valence electrons. The van der Waals surface area contributed by atoms with Crippen LogP contribution >= 0.6 is 0 Å². The lowest BCUT2D eigenvalue weighted by Crippen LogP contribution is -2.48. The largest absolute Gasteiger partial charge is 0.353 e. The van der Waals surface area contributed by atoms with E-state index in [-0.39, 0.29) is 11.3 Å². The van der Waals surface area contributed by atoms with E-state index in [0.29, 0.717) is 0 Å². The van der Waals surface area contributed by atoms with Gasteiger partial charge in [0.05, 0.1) is 0 Å². The number of aryl methyl sites for hydroxylation is 1. The Hall–Kier alpha value is -2.63. The maximum Gasteiger partial charge on any atom is 0.219 e. The monoisotopic (exact) mass is 367 g/mol. The lowest BCUT2D eigenvalue weighted by molar-refractivity contribution is -0.129. The van der Waals surface area contributed by atoms with Gasteiger partial charge in [0, 0.05) is 44.9 Å². The van der Waals surface area contributed by atoms with Crippen molar-refractivity contribution in [3.8, 4) is 0 Å². The van der Waals surface area contributed by atoms with Crippen LogP contribution < -0.4 is 10.2 Å². The zero-order valence-electron chi connectivity index (χ0n) is 16.9. The first-order chi connectivity index (χ1) is 12.7. The topological polar surface area (TPSA) is 61.4 Å². The van der Waals surface area contributed by atoms with Gasteiger partial charge in [-0.1, -0.05) is 39.0 Å². The summed E-state index contributed by atoms with van der Waals surface area (Å²) >= 11 is 0. The van der Waals surface area contributed by atoms with Gasteiger partial charge in [-0.3, -0.25) is 4.79 Å². The van der Waals surface area contributed by atoms with Crippen LogP contribution in [0.25, 0.3) is 0 Å². The maximum atomic E-state index is 11.5. The van der Waals surface area contributed by atoms with Crippen LogP contribution in [0.2, 0.25) is 0 Å². The number of hydrogen-bond acceptors (Lipinski definition) is 5. The molecule has 1 saturated heterocycles. The number of piperazine rings is 1. The number of para-hydroxylation sites is 1. The van der Waals surface area contributed by atoms with E-state index >= 15 is 0 Å². The van der Waals surface area contributed by atoms with E-state index in [1.807, 2.05) is 24.0 Å². The molecule has 1 aliphatic heterocycles. The molecule has 1 fully saturated rings. The number of nitrogens with one attached hydrogen (secondary N) is 1. The maximum absolute atomic E-state index is 11.5. The minimum atomic E-state index is 0.0392. The SMILES string of the molecule is CC(=O)N1CCN(c2cc(Nc3ccccc3C(C)(C)C)nc(C)n2)CC1. The number of amides is 1. The van der Waals surface area contributed by atoms with Gasteiger partial charge in [0.2, 0.25) is 5.91 Å². The van der Waals surface area contributed by atoms with Crippen molar-refractivity contribution in [2.24, 2.45) is 0 Å². The molecule has 1 aromatic heterocycles. The molecule has 2 heterocycles. The summed E-state index contributed by atoms with van der Waals surface area (Å²) in [6.45, 7) is 13.2. The predicted octanol–water partition coefficient (Wildman–Crippen LogP) is 3.49. The summed E-state index contributed by atoms with van der Waals surface area (Å²) in [5, 5.41) is 3.48. The predicted molar refractivity (Wildman–Crippen MR) is 110 cm³/mol. The van der Waals surface area contributed by atoms with Crippen LogP contribution in [0.4, 0.5) is 17.3 Å². The summed E-state index contributed by atoms with van der Waals surface area (Å²) in [4.78, 5) is 24.8. The van der Waals surface area contributed by atoms with Gasteiger partial charge in [0.25, 0.3) is 0 Å². The summed E-state index contributed by atoms with van der Waals surface area (Å²) < 4.78 is 0. The third-order valence-electron chi connectivity index (χ3n) is 4.87. The number of anilines is 3. The number of carbonyl (C=O) groups excluding carboxylic acids is 1. The molecule has 0 radical (unpaired) electrons. The molecule has 1 amide bonds. The molecule has 0 unspecified atom stereocenters. The van der Waals surface area contributed by atoms with E-state index in [1.54, 1.807) is 6.92 Å². The normalized spacial score (nSPS) is 15.0. The Kier molecular flexibility index (Phi) is 5.35. The van der Waals surface area contributed by atoms with Crippen LogP contribution in [0.3, 0.4) is 0 Å². The lowest BCUT2D eigenvalue weighted by Gasteiger charge is -2.35. The van der Waals surface area contributed by atoms with Crippen molar-refractivity contribution in [3.63, 3.8) is 0 Å². The molecule has 0 bridgehead atoms. The van der Waals surface area contributed by atoms with E-state index < -0.39 is 0 Å². The molecule has 2 aromatic rings. The summed E-state index contributed by atoms with van der Waals surface area (Å²) in [5.74, 6) is 2.57. The molecule has 1 N–H and O–H groups in total. The number of rotatable bonds is 3. The quantitative estimate of drug-likeness (QED) is 0.900. The van der Waals surface area contributed by atoms with Crippen LogP contribution in [0.1, 0.15) is 39.1 Å². The molecule has 6 nitrogen and oxygen atoms in total. The van der Waals surface area contributed by atoms with Crippen molar-refractivity contribution >= 4 is 23.2 Å². The molecule has 1 aliphatic rings. The summed E-state index contributed by atoms with van der Waals surface area (Å²) in [6.07, 6.45) is 0. The Balaban J connectivity index is 1.82. The zero-order chi connectivity index (χ0) is 19.6. The summed E-state index contributed by atoms with van der Waals surface area (Å²) in [6, 6.07) is 10.3. The van der Waals surface area contributed by atoms with Crippen molar-refractivity contribution in [1.29, 1.82) is 0 Å². The third kappa shape index (κ3) is 4.56. The van der Waals surface area contributed by atoms with Gasteiger partial charge in [-0.2, -0.15) is 0 Å². The van der Waals surface area contributed by atoms with Crippen LogP contribution in [0.5, 0.6) is 0 Å².